The Kier molecular flexibility index (Phi) is 8.23. The first-order valence-corrected chi connectivity index (χ1v) is 11.7. The number of hydrogen-bond donors (Lipinski definition) is 0. The van der Waals surface area contributed by atoms with Crippen LogP contribution in [0.2, 0.25) is 0 Å². The van der Waals surface area contributed by atoms with Crippen LogP contribution in [0, 0.1) is 0 Å². The minimum absolute atomic E-state index is 0.719. The number of methoxy groups -OCH3 is 2. The summed E-state index contributed by atoms with van der Waals surface area (Å²) < 4.78 is 16.7. The fourth-order valence-electron chi connectivity index (χ4n) is 4.23. The van der Waals surface area contributed by atoms with E-state index in [0.29, 0.717) is 0 Å². The Balaban J connectivity index is 1.15. The lowest BCUT2D eigenvalue weighted by Gasteiger charge is -2.34. The molecule has 1 aliphatic rings. The highest BCUT2D eigenvalue weighted by Crippen LogP contribution is 2.28. The van der Waals surface area contributed by atoms with Gasteiger partial charge in [-0.3, -0.25) is 4.90 Å². The predicted molar refractivity (Wildman–Crippen MR) is 134 cm³/mol. The van der Waals surface area contributed by atoms with E-state index in [2.05, 4.69) is 70.5 Å². The van der Waals surface area contributed by atoms with Crippen molar-refractivity contribution in [3.63, 3.8) is 0 Å². The molecule has 0 saturated carbocycles. The van der Waals surface area contributed by atoms with Gasteiger partial charge in [0, 0.05) is 39.3 Å². The van der Waals surface area contributed by atoms with Gasteiger partial charge in [0.15, 0.2) is 11.5 Å². The summed E-state index contributed by atoms with van der Waals surface area (Å²) in [6.45, 7) is 7.11. The van der Waals surface area contributed by atoms with E-state index in [0.717, 1.165) is 69.5 Å². The van der Waals surface area contributed by atoms with Crippen molar-refractivity contribution in [2.24, 2.45) is 0 Å². The highest BCUT2D eigenvalue weighted by Gasteiger charge is 2.16. The van der Waals surface area contributed by atoms with Crippen molar-refractivity contribution in [1.82, 2.24) is 9.80 Å². The summed E-state index contributed by atoms with van der Waals surface area (Å²) in [6.07, 6.45) is 1.02. The van der Waals surface area contributed by atoms with Gasteiger partial charge in [-0.15, -0.1) is 0 Å². The first-order chi connectivity index (χ1) is 16.2. The van der Waals surface area contributed by atoms with Crippen molar-refractivity contribution in [3.05, 3.63) is 78.4 Å². The molecule has 0 aromatic heterocycles. The van der Waals surface area contributed by atoms with E-state index < -0.39 is 0 Å². The fourth-order valence-corrected chi connectivity index (χ4v) is 4.23. The smallest absolute Gasteiger partial charge is 0.160 e. The molecule has 5 heteroatoms. The summed E-state index contributed by atoms with van der Waals surface area (Å²) in [4.78, 5) is 5.03. The van der Waals surface area contributed by atoms with E-state index in [1.54, 1.807) is 14.2 Å². The molecule has 33 heavy (non-hydrogen) atoms. The summed E-state index contributed by atoms with van der Waals surface area (Å²) in [5.74, 6) is 2.52. The van der Waals surface area contributed by atoms with E-state index in [4.69, 9.17) is 14.2 Å². The highest BCUT2D eigenvalue weighted by atomic mass is 16.5. The van der Waals surface area contributed by atoms with Crippen molar-refractivity contribution in [1.29, 1.82) is 0 Å². The molecule has 1 saturated heterocycles. The van der Waals surface area contributed by atoms with Gasteiger partial charge in [-0.2, -0.15) is 0 Å². The first-order valence-electron chi connectivity index (χ1n) is 11.7. The molecule has 1 fully saturated rings. The van der Waals surface area contributed by atoms with Crippen LogP contribution >= 0.6 is 0 Å². The van der Waals surface area contributed by atoms with Gasteiger partial charge in [0.25, 0.3) is 0 Å². The van der Waals surface area contributed by atoms with Crippen LogP contribution < -0.4 is 14.2 Å². The molecule has 0 bridgehead atoms. The van der Waals surface area contributed by atoms with Gasteiger partial charge in [-0.1, -0.05) is 48.5 Å². The van der Waals surface area contributed by atoms with Crippen LogP contribution in [0.4, 0.5) is 0 Å². The molecule has 0 spiro atoms. The molecule has 0 atom stereocenters. The lowest BCUT2D eigenvalue weighted by Crippen LogP contribution is -2.47. The summed E-state index contributed by atoms with van der Waals surface area (Å²) in [5, 5.41) is 0. The number of ether oxygens (including phenoxy) is 3. The van der Waals surface area contributed by atoms with Crippen LogP contribution in [0.1, 0.15) is 5.56 Å². The summed E-state index contributed by atoms with van der Waals surface area (Å²) >= 11 is 0. The van der Waals surface area contributed by atoms with E-state index >= 15 is 0 Å². The molecule has 1 heterocycles. The van der Waals surface area contributed by atoms with Crippen molar-refractivity contribution >= 4 is 0 Å². The van der Waals surface area contributed by atoms with Crippen LogP contribution in [0.3, 0.4) is 0 Å². The Morgan fingerprint density at radius 1 is 0.667 bits per heavy atom. The van der Waals surface area contributed by atoms with Crippen LogP contribution in [0.5, 0.6) is 17.2 Å². The molecule has 3 aromatic carbocycles. The van der Waals surface area contributed by atoms with Crippen molar-refractivity contribution in [2.45, 2.75) is 6.42 Å². The lowest BCUT2D eigenvalue weighted by molar-refractivity contribution is 0.118. The molecular formula is C28H34N2O3. The maximum absolute atomic E-state index is 6.00. The number of nitrogens with zero attached hydrogens (tertiary/aromatic N) is 2. The molecule has 3 aromatic rings. The maximum Gasteiger partial charge on any atom is 0.160 e. The topological polar surface area (TPSA) is 34.2 Å². The molecule has 1 aliphatic heterocycles. The van der Waals surface area contributed by atoms with E-state index in [-0.39, 0.29) is 0 Å². The minimum Gasteiger partial charge on any atom is -0.493 e. The molecule has 0 radical (unpaired) electrons. The van der Waals surface area contributed by atoms with Crippen molar-refractivity contribution in [2.75, 3.05) is 60.1 Å². The zero-order chi connectivity index (χ0) is 22.9. The molecule has 0 unspecified atom stereocenters. The fraction of sp³-hybridized carbons (Fsp3) is 0.357. The maximum atomic E-state index is 6.00. The van der Waals surface area contributed by atoms with Gasteiger partial charge in [0.2, 0.25) is 0 Å². The standard InChI is InChI=1S/C28H34N2O3/c1-31-27-13-8-23(22-28(27)32-2)14-15-29-16-18-30(19-17-29)20-21-33-26-11-9-25(10-12-26)24-6-4-3-5-7-24/h3-13,22H,14-21H2,1-2H3. The van der Waals surface area contributed by atoms with Gasteiger partial charge >= 0.3 is 0 Å². The lowest BCUT2D eigenvalue weighted by atomic mass is 10.1. The van der Waals surface area contributed by atoms with Gasteiger partial charge in [0.1, 0.15) is 12.4 Å². The quantitative estimate of drug-likeness (QED) is 0.454. The van der Waals surface area contributed by atoms with Crippen LogP contribution in [-0.2, 0) is 6.42 Å². The molecule has 174 valence electrons. The largest absolute Gasteiger partial charge is 0.493 e. The average molecular weight is 447 g/mol. The summed E-state index contributed by atoms with van der Waals surface area (Å²) in [7, 11) is 3.36. The third-order valence-corrected chi connectivity index (χ3v) is 6.27. The number of rotatable bonds is 10. The van der Waals surface area contributed by atoms with Gasteiger partial charge in [0.05, 0.1) is 14.2 Å². The predicted octanol–water partition coefficient (Wildman–Crippen LogP) is 4.61. The summed E-state index contributed by atoms with van der Waals surface area (Å²) in [5.41, 5.74) is 3.72. The zero-order valence-electron chi connectivity index (χ0n) is 19.7. The third-order valence-electron chi connectivity index (χ3n) is 6.27. The van der Waals surface area contributed by atoms with Gasteiger partial charge in [-0.25, -0.2) is 0 Å². The average Bonchev–Trinajstić information content (AvgIpc) is 2.89. The SMILES string of the molecule is COc1ccc(CCN2CCN(CCOc3ccc(-c4ccccc4)cc3)CC2)cc1OC. The summed E-state index contributed by atoms with van der Waals surface area (Å²) in [6, 6.07) is 25.0. The molecule has 0 N–H and O–H groups in total. The van der Waals surface area contributed by atoms with Gasteiger partial charge in [-0.05, 0) is 47.4 Å². The first kappa shape index (κ1) is 23.1. The van der Waals surface area contributed by atoms with Crippen LogP contribution in [-0.4, -0.2) is 69.9 Å². The van der Waals surface area contributed by atoms with Crippen molar-refractivity contribution in [3.8, 4) is 28.4 Å². The van der Waals surface area contributed by atoms with E-state index in [9.17, 15) is 0 Å². The Morgan fingerprint density at radius 2 is 1.30 bits per heavy atom. The second kappa shape index (κ2) is 11.7. The normalized spacial score (nSPS) is 14.7. The third kappa shape index (κ3) is 6.50. The van der Waals surface area contributed by atoms with Crippen LogP contribution in [0.25, 0.3) is 11.1 Å². The monoisotopic (exact) mass is 446 g/mol. The zero-order valence-corrected chi connectivity index (χ0v) is 19.7. The number of piperazine rings is 1. The Bertz CT molecular complexity index is 984. The second-order valence-electron chi connectivity index (χ2n) is 8.36. The molecule has 5 nitrogen and oxygen atoms in total. The van der Waals surface area contributed by atoms with Gasteiger partial charge < -0.3 is 19.1 Å². The minimum atomic E-state index is 0.719. The van der Waals surface area contributed by atoms with Crippen LogP contribution in [0.15, 0.2) is 72.8 Å². The number of benzene rings is 3. The highest BCUT2D eigenvalue weighted by molar-refractivity contribution is 5.63. The Labute approximate surface area is 197 Å². The Morgan fingerprint density at radius 3 is 1.97 bits per heavy atom. The number of hydrogen-bond acceptors (Lipinski definition) is 5. The van der Waals surface area contributed by atoms with Crippen molar-refractivity contribution < 1.29 is 14.2 Å². The molecule has 0 amide bonds. The Hall–Kier alpha value is -3.02. The molecule has 0 aliphatic carbocycles. The van der Waals surface area contributed by atoms with E-state index in [1.807, 2.05) is 12.1 Å². The molecule has 4 rings (SSSR count). The second-order valence-corrected chi connectivity index (χ2v) is 8.36. The molecular weight excluding hydrogens is 412 g/mol. The van der Waals surface area contributed by atoms with E-state index in [1.165, 1.54) is 16.7 Å².